The summed E-state index contributed by atoms with van der Waals surface area (Å²) >= 11 is 0. The van der Waals surface area contributed by atoms with Crippen molar-refractivity contribution in [2.24, 2.45) is 0 Å². The lowest BCUT2D eigenvalue weighted by molar-refractivity contribution is 0.517. The summed E-state index contributed by atoms with van der Waals surface area (Å²) in [6.45, 7) is 7.48. The van der Waals surface area contributed by atoms with Gasteiger partial charge >= 0.3 is 0 Å². The van der Waals surface area contributed by atoms with Crippen molar-refractivity contribution in [1.82, 2.24) is 10.3 Å². The largest absolute Gasteiger partial charge is 0.310 e. The van der Waals surface area contributed by atoms with E-state index in [1.54, 1.807) is 0 Å². The van der Waals surface area contributed by atoms with E-state index in [2.05, 4.69) is 36.3 Å². The molecule has 1 heterocycles. The van der Waals surface area contributed by atoms with Gasteiger partial charge in [0.05, 0.1) is 0 Å². The smallest absolute Gasteiger partial charge is 0.0372 e. The first kappa shape index (κ1) is 11.2. The van der Waals surface area contributed by atoms with E-state index >= 15 is 0 Å². The number of aromatic nitrogens is 1. The highest BCUT2D eigenvalue weighted by Crippen LogP contribution is 2.15. The molecule has 14 heavy (non-hydrogen) atoms. The Labute approximate surface area is 86.8 Å². The van der Waals surface area contributed by atoms with Crippen LogP contribution in [0.2, 0.25) is 0 Å². The Morgan fingerprint density at radius 3 is 2.64 bits per heavy atom. The number of pyridine rings is 1. The Hall–Kier alpha value is -0.890. The molecular weight excluding hydrogens is 172 g/mol. The van der Waals surface area contributed by atoms with E-state index < -0.39 is 0 Å². The van der Waals surface area contributed by atoms with Crippen molar-refractivity contribution in [3.8, 4) is 0 Å². The van der Waals surface area contributed by atoms with Gasteiger partial charge in [-0.25, -0.2) is 0 Å². The molecule has 0 aliphatic carbocycles. The molecule has 1 unspecified atom stereocenters. The highest BCUT2D eigenvalue weighted by molar-refractivity contribution is 5.16. The van der Waals surface area contributed by atoms with E-state index in [0.29, 0.717) is 6.04 Å². The van der Waals surface area contributed by atoms with Crippen LogP contribution in [-0.2, 0) is 0 Å². The highest BCUT2D eigenvalue weighted by Gasteiger charge is 2.07. The Morgan fingerprint density at radius 1 is 1.36 bits per heavy atom. The molecule has 1 N–H and O–H groups in total. The van der Waals surface area contributed by atoms with Crippen LogP contribution in [0.3, 0.4) is 0 Å². The van der Waals surface area contributed by atoms with E-state index in [0.717, 1.165) is 18.7 Å². The van der Waals surface area contributed by atoms with Gasteiger partial charge in [-0.1, -0.05) is 19.9 Å². The standard InChI is InChI=1S/C12H20N2/c1-4-8-13-12(5-2)11-7-6-10(3)14-9-11/h6-7,9,12-13H,4-5,8H2,1-3H3. The van der Waals surface area contributed by atoms with Gasteiger partial charge in [0.2, 0.25) is 0 Å². The van der Waals surface area contributed by atoms with Crippen LogP contribution in [0.5, 0.6) is 0 Å². The third-order valence-corrected chi connectivity index (χ3v) is 2.39. The van der Waals surface area contributed by atoms with Crippen LogP contribution < -0.4 is 5.32 Å². The summed E-state index contributed by atoms with van der Waals surface area (Å²) in [4.78, 5) is 4.32. The van der Waals surface area contributed by atoms with Crippen LogP contribution in [0, 0.1) is 6.92 Å². The highest BCUT2D eigenvalue weighted by atomic mass is 14.9. The summed E-state index contributed by atoms with van der Waals surface area (Å²) in [5, 5.41) is 3.51. The normalized spacial score (nSPS) is 12.8. The van der Waals surface area contributed by atoms with Crippen LogP contribution in [-0.4, -0.2) is 11.5 Å². The molecule has 0 saturated heterocycles. The average molecular weight is 192 g/mol. The quantitative estimate of drug-likeness (QED) is 0.776. The van der Waals surface area contributed by atoms with E-state index in [4.69, 9.17) is 0 Å². The van der Waals surface area contributed by atoms with Crippen molar-refractivity contribution in [3.05, 3.63) is 29.6 Å². The fourth-order valence-corrected chi connectivity index (χ4v) is 1.50. The Balaban J connectivity index is 2.64. The van der Waals surface area contributed by atoms with Gasteiger partial charge in [0.1, 0.15) is 0 Å². The molecule has 1 aromatic rings. The second-order valence-corrected chi connectivity index (χ2v) is 3.65. The Morgan fingerprint density at radius 2 is 2.14 bits per heavy atom. The van der Waals surface area contributed by atoms with Crippen LogP contribution in [0.25, 0.3) is 0 Å². The summed E-state index contributed by atoms with van der Waals surface area (Å²) in [5.41, 5.74) is 2.38. The summed E-state index contributed by atoms with van der Waals surface area (Å²) in [7, 11) is 0. The minimum Gasteiger partial charge on any atom is -0.310 e. The van der Waals surface area contributed by atoms with E-state index in [-0.39, 0.29) is 0 Å². The molecular formula is C12H20N2. The van der Waals surface area contributed by atoms with Gasteiger partial charge in [-0.05, 0) is 37.9 Å². The molecule has 0 fully saturated rings. The molecule has 78 valence electrons. The maximum atomic E-state index is 4.32. The predicted octanol–water partition coefficient (Wildman–Crippen LogP) is 2.84. The van der Waals surface area contributed by atoms with Crippen molar-refractivity contribution < 1.29 is 0 Å². The molecule has 2 heteroatoms. The SMILES string of the molecule is CCCNC(CC)c1ccc(C)nc1. The zero-order valence-electron chi connectivity index (χ0n) is 9.38. The summed E-state index contributed by atoms with van der Waals surface area (Å²) in [5.74, 6) is 0. The molecule has 0 saturated carbocycles. The van der Waals surface area contributed by atoms with E-state index in [1.165, 1.54) is 12.0 Å². The number of hydrogen-bond acceptors (Lipinski definition) is 2. The van der Waals surface area contributed by atoms with Crippen LogP contribution in [0.15, 0.2) is 18.3 Å². The number of rotatable bonds is 5. The van der Waals surface area contributed by atoms with Crippen molar-refractivity contribution >= 4 is 0 Å². The number of hydrogen-bond donors (Lipinski definition) is 1. The first-order valence-corrected chi connectivity index (χ1v) is 5.43. The number of nitrogens with zero attached hydrogens (tertiary/aromatic N) is 1. The molecule has 0 amide bonds. The monoisotopic (exact) mass is 192 g/mol. The van der Waals surface area contributed by atoms with E-state index in [9.17, 15) is 0 Å². The lowest BCUT2D eigenvalue weighted by Crippen LogP contribution is -2.21. The van der Waals surface area contributed by atoms with Gasteiger partial charge in [0, 0.05) is 17.9 Å². The Bertz CT molecular complexity index is 254. The minimum absolute atomic E-state index is 0.461. The lowest BCUT2D eigenvalue weighted by Gasteiger charge is -2.16. The zero-order chi connectivity index (χ0) is 10.4. The van der Waals surface area contributed by atoms with Crippen molar-refractivity contribution in [1.29, 1.82) is 0 Å². The van der Waals surface area contributed by atoms with Crippen LogP contribution >= 0.6 is 0 Å². The molecule has 0 bridgehead atoms. The third kappa shape index (κ3) is 3.11. The van der Waals surface area contributed by atoms with Crippen molar-refractivity contribution in [2.45, 2.75) is 39.7 Å². The van der Waals surface area contributed by atoms with Crippen molar-refractivity contribution in [2.75, 3.05) is 6.54 Å². The maximum absolute atomic E-state index is 4.32. The van der Waals surface area contributed by atoms with Gasteiger partial charge in [-0.3, -0.25) is 4.98 Å². The number of nitrogens with one attached hydrogen (secondary N) is 1. The first-order valence-electron chi connectivity index (χ1n) is 5.43. The summed E-state index contributed by atoms with van der Waals surface area (Å²) in [6.07, 6.45) is 4.27. The molecule has 1 rings (SSSR count). The topological polar surface area (TPSA) is 24.9 Å². The molecule has 0 aliphatic heterocycles. The van der Waals surface area contributed by atoms with Gasteiger partial charge in [-0.15, -0.1) is 0 Å². The van der Waals surface area contributed by atoms with Gasteiger partial charge in [-0.2, -0.15) is 0 Å². The molecule has 0 radical (unpaired) electrons. The molecule has 0 spiro atoms. The summed E-state index contributed by atoms with van der Waals surface area (Å²) in [6, 6.07) is 4.70. The average Bonchev–Trinajstić information content (AvgIpc) is 2.21. The first-order chi connectivity index (χ1) is 6.77. The van der Waals surface area contributed by atoms with Gasteiger partial charge in [0.25, 0.3) is 0 Å². The summed E-state index contributed by atoms with van der Waals surface area (Å²) < 4.78 is 0. The molecule has 0 aliphatic rings. The van der Waals surface area contributed by atoms with Crippen LogP contribution in [0.4, 0.5) is 0 Å². The predicted molar refractivity (Wildman–Crippen MR) is 60.3 cm³/mol. The van der Waals surface area contributed by atoms with Crippen LogP contribution in [0.1, 0.15) is 44.0 Å². The van der Waals surface area contributed by atoms with E-state index in [1.807, 2.05) is 13.1 Å². The maximum Gasteiger partial charge on any atom is 0.0372 e. The van der Waals surface area contributed by atoms with Crippen molar-refractivity contribution in [3.63, 3.8) is 0 Å². The number of aryl methyl sites for hydroxylation is 1. The third-order valence-electron chi connectivity index (χ3n) is 2.39. The zero-order valence-corrected chi connectivity index (χ0v) is 9.38. The molecule has 1 aromatic heterocycles. The Kier molecular flexibility index (Phi) is 4.60. The fraction of sp³-hybridized carbons (Fsp3) is 0.583. The van der Waals surface area contributed by atoms with Gasteiger partial charge < -0.3 is 5.32 Å². The molecule has 2 nitrogen and oxygen atoms in total. The van der Waals surface area contributed by atoms with Gasteiger partial charge in [0.15, 0.2) is 0 Å². The fourth-order valence-electron chi connectivity index (χ4n) is 1.50. The second-order valence-electron chi connectivity index (χ2n) is 3.65. The minimum atomic E-state index is 0.461. The molecule has 0 aromatic carbocycles. The molecule has 1 atom stereocenters. The lowest BCUT2D eigenvalue weighted by atomic mass is 10.1. The second kappa shape index (κ2) is 5.76.